The third-order valence-electron chi connectivity index (χ3n) is 2.61. The predicted octanol–water partition coefficient (Wildman–Crippen LogP) is 4.27. The van der Waals surface area contributed by atoms with Crippen molar-refractivity contribution in [2.24, 2.45) is 0 Å². The highest BCUT2D eigenvalue weighted by molar-refractivity contribution is 7.22. The fourth-order valence-electron chi connectivity index (χ4n) is 1.68. The van der Waals surface area contributed by atoms with Crippen LogP contribution >= 0.6 is 34.3 Å². The van der Waals surface area contributed by atoms with Gasteiger partial charge in [-0.15, -0.1) is 11.3 Å². The molecule has 3 rings (SSSR count). The first kappa shape index (κ1) is 13.4. The number of nitrogens with one attached hydrogen (secondary N) is 1. The minimum Gasteiger partial charge on any atom is -0.497 e. The Morgan fingerprint density at radius 1 is 1.30 bits per heavy atom. The van der Waals surface area contributed by atoms with Gasteiger partial charge in [-0.3, -0.25) is 10.1 Å². The van der Waals surface area contributed by atoms with E-state index in [0.29, 0.717) is 14.3 Å². The van der Waals surface area contributed by atoms with Crippen molar-refractivity contribution in [3.05, 3.63) is 39.5 Å². The molecule has 4 nitrogen and oxygen atoms in total. The van der Waals surface area contributed by atoms with Crippen molar-refractivity contribution >= 4 is 55.5 Å². The molecular formula is C13H9ClN2O2S2. The van der Waals surface area contributed by atoms with Crippen LogP contribution in [0.4, 0.5) is 5.13 Å². The normalized spacial score (nSPS) is 10.7. The molecule has 2 aromatic heterocycles. The largest absolute Gasteiger partial charge is 0.497 e. The van der Waals surface area contributed by atoms with E-state index >= 15 is 0 Å². The quantitative estimate of drug-likeness (QED) is 0.782. The van der Waals surface area contributed by atoms with Crippen LogP contribution in [0.5, 0.6) is 5.75 Å². The number of hydrogen-bond acceptors (Lipinski definition) is 5. The number of hydrogen-bond donors (Lipinski definition) is 1. The summed E-state index contributed by atoms with van der Waals surface area (Å²) in [5, 5.41) is 3.34. The standard InChI is InChI=1S/C13H9ClN2O2S2/c1-18-7-2-3-8-10(6-7)20-13(15-8)16-12(17)9-4-5-11(14)19-9/h2-6H,1H3,(H,15,16,17). The summed E-state index contributed by atoms with van der Waals surface area (Å²) < 4.78 is 6.71. The van der Waals surface area contributed by atoms with E-state index in [1.54, 1.807) is 19.2 Å². The van der Waals surface area contributed by atoms with E-state index in [1.165, 1.54) is 22.7 Å². The van der Waals surface area contributed by atoms with Crippen LogP contribution in [0.25, 0.3) is 10.2 Å². The van der Waals surface area contributed by atoms with Crippen molar-refractivity contribution in [3.63, 3.8) is 0 Å². The van der Waals surface area contributed by atoms with Crippen LogP contribution < -0.4 is 10.1 Å². The van der Waals surface area contributed by atoms with Crippen LogP contribution in [0.1, 0.15) is 9.67 Å². The number of fused-ring (bicyclic) bond motifs is 1. The second-order valence-corrected chi connectivity index (χ2v) is 6.66. The molecule has 0 atom stereocenters. The Labute approximate surface area is 128 Å². The maximum Gasteiger partial charge on any atom is 0.267 e. The number of ether oxygens (including phenoxy) is 1. The van der Waals surface area contributed by atoms with Crippen LogP contribution in [0.3, 0.4) is 0 Å². The molecule has 0 radical (unpaired) electrons. The first-order valence-electron chi connectivity index (χ1n) is 5.67. The first-order valence-corrected chi connectivity index (χ1v) is 7.68. The molecule has 0 aliphatic rings. The molecule has 0 aliphatic heterocycles. The number of halogens is 1. The maximum atomic E-state index is 12.0. The van der Waals surface area contributed by atoms with Gasteiger partial charge in [0.15, 0.2) is 5.13 Å². The fourth-order valence-corrected chi connectivity index (χ4v) is 3.51. The molecule has 1 aromatic carbocycles. The minimum absolute atomic E-state index is 0.201. The number of thiophene rings is 1. The molecule has 0 bridgehead atoms. The molecule has 0 saturated heterocycles. The van der Waals surface area contributed by atoms with E-state index in [0.717, 1.165) is 16.0 Å². The van der Waals surface area contributed by atoms with Gasteiger partial charge in [0.05, 0.1) is 26.5 Å². The Morgan fingerprint density at radius 2 is 2.15 bits per heavy atom. The fraction of sp³-hybridized carbons (Fsp3) is 0.0769. The summed E-state index contributed by atoms with van der Waals surface area (Å²) in [5.41, 5.74) is 0.829. The van der Waals surface area contributed by atoms with Crippen molar-refractivity contribution in [3.8, 4) is 5.75 Å². The van der Waals surface area contributed by atoms with Crippen LogP contribution in [0.2, 0.25) is 4.34 Å². The summed E-state index contributed by atoms with van der Waals surface area (Å²) in [6.45, 7) is 0. The van der Waals surface area contributed by atoms with Gasteiger partial charge in [-0.25, -0.2) is 4.98 Å². The molecule has 0 spiro atoms. The zero-order valence-corrected chi connectivity index (χ0v) is 12.7. The average Bonchev–Trinajstić information content (AvgIpc) is 3.03. The van der Waals surface area contributed by atoms with Crippen LogP contribution in [0, 0.1) is 0 Å². The Bertz CT molecular complexity index is 782. The van der Waals surface area contributed by atoms with Crippen molar-refractivity contribution < 1.29 is 9.53 Å². The van der Waals surface area contributed by atoms with Crippen molar-refractivity contribution in [1.29, 1.82) is 0 Å². The summed E-state index contributed by atoms with van der Waals surface area (Å²) in [5.74, 6) is 0.567. The van der Waals surface area contributed by atoms with Gasteiger partial charge in [0.25, 0.3) is 5.91 Å². The Balaban J connectivity index is 1.85. The Kier molecular flexibility index (Phi) is 3.60. The minimum atomic E-state index is -0.201. The van der Waals surface area contributed by atoms with E-state index in [2.05, 4.69) is 10.3 Å². The van der Waals surface area contributed by atoms with Crippen molar-refractivity contribution in [2.45, 2.75) is 0 Å². The van der Waals surface area contributed by atoms with Gasteiger partial charge in [-0.2, -0.15) is 0 Å². The Morgan fingerprint density at radius 3 is 2.85 bits per heavy atom. The number of carbonyl (C=O) groups is 1. The van der Waals surface area contributed by atoms with Crippen LogP contribution in [-0.2, 0) is 0 Å². The zero-order chi connectivity index (χ0) is 14.1. The third kappa shape index (κ3) is 2.63. The molecule has 0 fully saturated rings. The molecule has 0 aliphatic carbocycles. The molecule has 2 heterocycles. The summed E-state index contributed by atoms with van der Waals surface area (Å²) in [6, 6.07) is 8.99. The van der Waals surface area contributed by atoms with E-state index in [-0.39, 0.29) is 5.91 Å². The van der Waals surface area contributed by atoms with E-state index in [4.69, 9.17) is 16.3 Å². The Hall–Kier alpha value is -1.63. The van der Waals surface area contributed by atoms with Gasteiger partial charge >= 0.3 is 0 Å². The molecule has 7 heteroatoms. The maximum absolute atomic E-state index is 12.0. The summed E-state index contributed by atoms with van der Waals surface area (Å²) in [4.78, 5) is 16.9. The molecule has 102 valence electrons. The highest BCUT2D eigenvalue weighted by atomic mass is 35.5. The molecule has 20 heavy (non-hydrogen) atoms. The van der Waals surface area contributed by atoms with Gasteiger partial charge in [-0.1, -0.05) is 22.9 Å². The average molecular weight is 325 g/mol. The van der Waals surface area contributed by atoms with Crippen molar-refractivity contribution in [2.75, 3.05) is 12.4 Å². The summed E-state index contributed by atoms with van der Waals surface area (Å²) >= 11 is 8.46. The van der Waals surface area contributed by atoms with Gasteiger partial charge in [0.2, 0.25) is 0 Å². The molecule has 0 unspecified atom stereocenters. The molecule has 1 N–H and O–H groups in total. The second kappa shape index (κ2) is 5.40. The lowest BCUT2D eigenvalue weighted by molar-refractivity contribution is 0.103. The summed E-state index contributed by atoms with van der Waals surface area (Å²) in [6.07, 6.45) is 0. The van der Waals surface area contributed by atoms with E-state index < -0.39 is 0 Å². The number of carbonyl (C=O) groups excluding carboxylic acids is 1. The number of rotatable bonds is 3. The summed E-state index contributed by atoms with van der Waals surface area (Å²) in [7, 11) is 1.62. The molecular weight excluding hydrogens is 316 g/mol. The lowest BCUT2D eigenvalue weighted by atomic mass is 10.3. The third-order valence-corrected chi connectivity index (χ3v) is 4.78. The van der Waals surface area contributed by atoms with Gasteiger partial charge in [-0.05, 0) is 30.3 Å². The number of amides is 1. The molecule has 1 amide bonds. The number of methoxy groups -OCH3 is 1. The first-order chi connectivity index (χ1) is 9.65. The topological polar surface area (TPSA) is 51.2 Å². The van der Waals surface area contributed by atoms with Gasteiger partial charge in [0.1, 0.15) is 5.75 Å². The number of benzene rings is 1. The zero-order valence-electron chi connectivity index (χ0n) is 10.3. The van der Waals surface area contributed by atoms with E-state index in [9.17, 15) is 4.79 Å². The molecule has 0 saturated carbocycles. The molecule has 3 aromatic rings. The lowest BCUT2D eigenvalue weighted by Crippen LogP contribution is -2.09. The lowest BCUT2D eigenvalue weighted by Gasteiger charge is -1.96. The monoisotopic (exact) mass is 324 g/mol. The number of anilines is 1. The van der Waals surface area contributed by atoms with E-state index in [1.807, 2.05) is 18.2 Å². The van der Waals surface area contributed by atoms with Crippen LogP contribution in [-0.4, -0.2) is 18.0 Å². The number of thiazole rings is 1. The van der Waals surface area contributed by atoms with Gasteiger partial charge < -0.3 is 4.74 Å². The van der Waals surface area contributed by atoms with Crippen molar-refractivity contribution in [1.82, 2.24) is 4.98 Å². The smallest absolute Gasteiger partial charge is 0.267 e. The van der Waals surface area contributed by atoms with Gasteiger partial charge in [0, 0.05) is 0 Å². The number of aromatic nitrogens is 1. The highest BCUT2D eigenvalue weighted by Crippen LogP contribution is 2.30. The van der Waals surface area contributed by atoms with Crippen LogP contribution in [0.15, 0.2) is 30.3 Å². The SMILES string of the molecule is COc1ccc2nc(NC(=O)c3ccc(Cl)s3)sc2c1. The number of nitrogens with zero attached hydrogens (tertiary/aromatic N) is 1. The predicted molar refractivity (Wildman–Crippen MR) is 83.5 cm³/mol. The second-order valence-electron chi connectivity index (χ2n) is 3.91. The highest BCUT2D eigenvalue weighted by Gasteiger charge is 2.12.